The largest absolute Gasteiger partial charge is 0.472 e. The molecule has 10 heteroatoms. The molecule has 3 N–H and O–H groups in total. The molecular weight excluding hydrogens is 605 g/mol. The van der Waals surface area contributed by atoms with Crippen LogP contribution in [0.5, 0.6) is 0 Å². The molecular formula is C36H72NO8P. The first-order chi connectivity index (χ1) is 22.3. The Labute approximate surface area is 282 Å². The van der Waals surface area contributed by atoms with E-state index in [1.165, 1.54) is 116 Å². The number of ether oxygens (including phenoxy) is 2. The van der Waals surface area contributed by atoms with Crippen LogP contribution >= 0.6 is 7.82 Å². The summed E-state index contributed by atoms with van der Waals surface area (Å²) >= 11 is 0. The van der Waals surface area contributed by atoms with Crippen molar-refractivity contribution in [1.29, 1.82) is 0 Å². The molecule has 0 aromatic carbocycles. The van der Waals surface area contributed by atoms with E-state index in [-0.39, 0.29) is 32.6 Å². The van der Waals surface area contributed by atoms with Crippen LogP contribution < -0.4 is 5.73 Å². The van der Waals surface area contributed by atoms with Crippen molar-refractivity contribution in [3.05, 3.63) is 0 Å². The predicted octanol–water partition coefficient (Wildman–Crippen LogP) is 10.1. The van der Waals surface area contributed by atoms with Crippen LogP contribution in [0.1, 0.15) is 187 Å². The van der Waals surface area contributed by atoms with Crippen molar-refractivity contribution in [2.75, 3.05) is 26.4 Å². The number of carbonyl (C=O) groups excluding carboxylic acids is 2. The monoisotopic (exact) mass is 677 g/mol. The molecule has 0 saturated heterocycles. The lowest BCUT2D eigenvalue weighted by molar-refractivity contribution is -0.161. The first kappa shape index (κ1) is 45.0. The summed E-state index contributed by atoms with van der Waals surface area (Å²) in [5, 5.41) is 0. The zero-order valence-electron chi connectivity index (χ0n) is 29.8. The number of hydrogen-bond donors (Lipinski definition) is 2. The third kappa shape index (κ3) is 32.9. The molecule has 46 heavy (non-hydrogen) atoms. The van der Waals surface area contributed by atoms with Gasteiger partial charge in [-0.3, -0.25) is 18.6 Å². The van der Waals surface area contributed by atoms with Gasteiger partial charge in [-0.05, 0) is 12.8 Å². The summed E-state index contributed by atoms with van der Waals surface area (Å²) in [6, 6.07) is 0. The minimum atomic E-state index is -4.35. The lowest BCUT2D eigenvalue weighted by atomic mass is 10.0. The molecule has 2 atom stereocenters. The van der Waals surface area contributed by atoms with Crippen molar-refractivity contribution in [3.8, 4) is 0 Å². The van der Waals surface area contributed by atoms with Crippen LogP contribution in [-0.2, 0) is 32.7 Å². The molecule has 2 unspecified atom stereocenters. The summed E-state index contributed by atoms with van der Waals surface area (Å²) < 4.78 is 32.4. The van der Waals surface area contributed by atoms with Crippen LogP contribution in [0.4, 0.5) is 0 Å². The second-order valence-electron chi connectivity index (χ2n) is 12.8. The fourth-order valence-corrected chi connectivity index (χ4v) is 6.16. The van der Waals surface area contributed by atoms with Crippen LogP contribution in [-0.4, -0.2) is 49.3 Å². The van der Waals surface area contributed by atoms with Crippen molar-refractivity contribution in [3.63, 3.8) is 0 Å². The van der Waals surface area contributed by atoms with Gasteiger partial charge in [-0.2, -0.15) is 0 Å². The Morgan fingerprint density at radius 3 is 1.35 bits per heavy atom. The minimum Gasteiger partial charge on any atom is -0.462 e. The van der Waals surface area contributed by atoms with E-state index in [9.17, 15) is 19.0 Å². The standard InChI is InChI=1S/C36H72NO8P/c1-3-5-7-9-10-11-12-13-14-15-16-17-18-19-20-21-22-23-24-25-27-29-36(39)45-34(33-44-46(40,41)43-31-30-37)32-42-35(38)28-26-8-6-4-2/h34H,3-33,37H2,1-2H3,(H,40,41). The van der Waals surface area contributed by atoms with E-state index in [1.807, 2.05) is 0 Å². The van der Waals surface area contributed by atoms with Gasteiger partial charge in [-0.25, -0.2) is 4.57 Å². The number of esters is 2. The second-order valence-corrected chi connectivity index (χ2v) is 14.3. The quantitative estimate of drug-likeness (QED) is 0.0377. The van der Waals surface area contributed by atoms with Gasteiger partial charge in [0.2, 0.25) is 0 Å². The summed E-state index contributed by atoms with van der Waals surface area (Å²) in [7, 11) is -4.35. The SMILES string of the molecule is CCCCCCCCCCCCCCCCCCCCCCCC(=O)OC(COC(=O)CCCCCC)COP(=O)(O)OCCN. The summed E-state index contributed by atoms with van der Waals surface area (Å²) in [5.41, 5.74) is 5.30. The number of phosphoric ester groups is 1. The van der Waals surface area contributed by atoms with Crippen LogP contribution in [0.15, 0.2) is 0 Å². The van der Waals surface area contributed by atoms with Crippen LogP contribution in [0, 0.1) is 0 Å². The first-order valence-electron chi connectivity index (χ1n) is 19.0. The van der Waals surface area contributed by atoms with E-state index < -0.39 is 32.5 Å². The molecule has 0 radical (unpaired) electrons. The molecule has 0 aromatic rings. The second kappa shape index (κ2) is 33.9. The van der Waals surface area contributed by atoms with Gasteiger partial charge in [0, 0.05) is 19.4 Å². The van der Waals surface area contributed by atoms with Crippen molar-refractivity contribution in [1.82, 2.24) is 0 Å². The highest BCUT2D eigenvalue weighted by Crippen LogP contribution is 2.43. The number of nitrogens with two attached hydrogens (primary N) is 1. The van der Waals surface area contributed by atoms with Crippen molar-refractivity contribution in [2.24, 2.45) is 5.73 Å². The Balaban J connectivity index is 3.90. The summed E-state index contributed by atoms with van der Waals surface area (Å²) in [4.78, 5) is 34.3. The van der Waals surface area contributed by atoms with Gasteiger partial charge >= 0.3 is 19.8 Å². The minimum absolute atomic E-state index is 0.0570. The average Bonchev–Trinajstić information content (AvgIpc) is 3.04. The van der Waals surface area contributed by atoms with Gasteiger partial charge < -0.3 is 20.1 Å². The maximum atomic E-state index is 12.4. The van der Waals surface area contributed by atoms with Gasteiger partial charge in [0.25, 0.3) is 0 Å². The van der Waals surface area contributed by atoms with E-state index in [4.69, 9.17) is 24.3 Å². The Bertz CT molecular complexity index is 739. The summed E-state index contributed by atoms with van der Waals surface area (Å²) in [5.74, 6) is -0.839. The molecule has 0 aliphatic carbocycles. The molecule has 0 aromatic heterocycles. The molecule has 0 heterocycles. The van der Waals surface area contributed by atoms with E-state index in [0.717, 1.165) is 38.5 Å². The molecule has 0 amide bonds. The first-order valence-corrected chi connectivity index (χ1v) is 20.5. The van der Waals surface area contributed by atoms with E-state index in [1.54, 1.807) is 0 Å². The maximum absolute atomic E-state index is 12.4. The van der Waals surface area contributed by atoms with Crippen LogP contribution in [0.3, 0.4) is 0 Å². The van der Waals surface area contributed by atoms with E-state index >= 15 is 0 Å². The van der Waals surface area contributed by atoms with Crippen molar-refractivity contribution < 1.29 is 37.6 Å². The topological polar surface area (TPSA) is 134 Å². The van der Waals surface area contributed by atoms with Crippen molar-refractivity contribution >= 4 is 19.8 Å². The Hall–Kier alpha value is -0.990. The third-order valence-electron chi connectivity index (χ3n) is 8.24. The molecule has 0 aliphatic heterocycles. The summed E-state index contributed by atoms with van der Waals surface area (Å²) in [6.45, 7) is 3.61. The zero-order valence-corrected chi connectivity index (χ0v) is 30.7. The van der Waals surface area contributed by atoms with E-state index in [0.29, 0.717) is 6.42 Å². The lowest BCUT2D eigenvalue weighted by Crippen LogP contribution is -2.29. The average molecular weight is 678 g/mol. The van der Waals surface area contributed by atoms with Crippen LogP contribution in [0.25, 0.3) is 0 Å². The van der Waals surface area contributed by atoms with Gasteiger partial charge in [-0.1, -0.05) is 162 Å². The normalized spacial score (nSPS) is 13.4. The predicted molar refractivity (Wildman–Crippen MR) is 188 cm³/mol. The number of carbonyl (C=O) groups is 2. The van der Waals surface area contributed by atoms with Gasteiger partial charge in [0.1, 0.15) is 6.61 Å². The highest BCUT2D eigenvalue weighted by molar-refractivity contribution is 7.47. The van der Waals surface area contributed by atoms with Gasteiger partial charge in [0.15, 0.2) is 6.10 Å². The highest BCUT2D eigenvalue weighted by atomic mass is 31.2. The fourth-order valence-electron chi connectivity index (χ4n) is 5.40. The molecule has 0 spiro atoms. The Kier molecular flexibility index (Phi) is 33.2. The van der Waals surface area contributed by atoms with Crippen LogP contribution in [0.2, 0.25) is 0 Å². The Morgan fingerprint density at radius 2 is 0.935 bits per heavy atom. The zero-order chi connectivity index (χ0) is 34.0. The number of hydrogen-bond acceptors (Lipinski definition) is 8. The van der Waals surface area contributed by atoms with Gasteiger partial charge in [0.05, 0.1) is 13.2 Å². The van der Waals surface area contributed by atoms with E-state index in [2.05, 4.69) is 13.8 Å². The highest BCUT2D eigenvalue weighted by Gasteiger charge is 2.25. The van der Waals surface area contributed by atoms with Crippen molar-refractivity contribution in [2.45, 2.75) is 193 Å². The smallest absolute Gasteiger partial charge is 0.462 e. The molecule has 0 bridgehead atoms. The molecule has 0 rings (SSSR count). The van der Waals surface area contributed by atoms with Gasteiger partial charge in [-0.15, -0.1) is 0 Å². The fraction of sp³-hybridized carbons (Fsp3) is 0.944. The molecule has 0 saturated carbocycles. The molecule has 274 valence electrons. The molecule has 9 nitrogen and oxygen atoms in total. The lowest BCUT2D eigenvalue weighted by Gasteiger charge is -2.19. The molecule has 0 aliphatic rings. The Morgan fingerprint density at radius 1 is 0.565 bits per heavy atom. The number of unbranched alkanes of at least 4 members (excludes halogenated alkanes) is 23. The third-order valence-corrected chi connectivity index (χ3v) is 9.23. The summed E-state index contributed by atoms with van der Waals surface area (Å²) in [6.07, 6.45) is 30.6. The molecule has 0 fully saturated rings. The maximum Gasteiger partial charge on any atom is 0.472 e. The number of phosphoric acid groups is 1. The number of rotatable bonds is 36.